The van der Waals surface area contributed by atoms with Crippen LogP contribution in [0.5, 0.6) is 0 Å². The number of carboxylic acids is 2. The summed E-state index contributed by atoms with van der Waals surface area (Å²) in [6.45, 7) is 1.75. The Morgan fingerprint density at radius 2 is 1.79 bits per heavy atom. The standard InChI is InChI=1S/C9H16O5/c1-2-6(9(13)14)3-4-7(10)5-8(11)12/h6-7,10H,2-5H2,1H3,(H,11,12)(H,13,14)/t6-,7?/m1/s1. The van der Waals surface area contributed by atoms with E-state index in [4.69, 9.17) is 10.2 Å². The Kier molecular flexibility index (Phi) is 5.87. The molecule has 0 radical (unpaired) electrons. The van der Waals surface area contributed by atoms with Gasteiger partial charge in [0.25, 0.3) is 0 Å². The van der Waals surface area contributed by atoms with E-state index in [2.05, 4.69) is 0 Å². The van der Waals surface area contributed by atoms with E-state index in [1.807, 2.05) is 0 Å². The van der Waals surface area contributed by atoms with Gasteiger partial charge in [-0.05, 0) is 19.3 Å². The van der Waals surface area contributed by atoms with E-state index >= 15 is 0 Å². The van der Waals surface area contributed by atoms with Gasteiger partial charge in [-0.3, -0.25) is 9.59 Å². The number of aliphatic hydroxyl groups is 1. The SMILES string of the molecule is CC[C@H](CCC(O)CC(=O)O)C(=O)O. The maximum atomic E-state index is 10.6. The third kappa shape index (κ3) is 5.53. The third-order valence-electron chi connectivity index (χ3n) is 2.10. The lowest BCUT2D eigenvalue weighted by atomic mass is 9.98. The summed E-state index contributed by atoms with van der Waals surface area (Å²) in [4.78, 5) is 20.7. The first-order valence-electron chi connectivity index (χ1n) is 4.60. The molecule has 0 saturated heterocycles. The highest BCUT2D eigenvalue weighted by Crippen LogP contribution is 2.14. The number of carboxylic acid groups (broad SMARTS) is 2. The Hall–Kier alpha value is -1.10. The van der Waals surface area contributed by atoms with Crippen molar-refractivity contribution < 1.29 is 24.9 Å². The van der Waals surface area contributed by atoms with Crippen molar-refractivity contribution in [2.45, 2.75) is 38.7 Å². The van der Waals surface area contributed by atoms with Crippen LogP contribution in [0.2, 0.25) is 0 Å². The minimum atomic E-state index is -1.07. The quantitative estimate of drug-likeness (QED) is 0.567. The summed E-state index contributed by atoms with van der Waals surface area (Å²) < 4.78 is 0. The minimum absolute atomic E-state index is 0.219. The van der Waals surface area contributed by atoms with Crippen molar-refractivity contribution in [1.82, 2.24) is 0 Å². The van der Waals surface area contributed by atoms with Crippen LogP contribution in [0.25, 0.3) is 0 Å². The zero-order valence-corrected chi connectivity index (χ0v) is 8.14. The van der Waals surface area contributed by atoms with Gasteiger partial charge in [0.2, 0.25) is 0 Å². The Morgan fingerprint density at radius 1 is 1.21 bits per heavy atom. The second-order valence-corrected chi connectivity index (χ2v) is 3.27. The molecule has 0 aliphatic heterocycles. The number of carbonyl (C=O) groups is 2. The first kappa shape index (κ1) is 12.9. The van der Waals surface area contributed by atoms with Gasteiger partial charge in [0.05, 0.1) is 18.4 Å². The topological polar surface area (TPSA) is 94.8 Å². The van der Waals surface area contributed by atoms with E-state index in [0.717, 1.165) is 0 Å². The summed E-state index contributed by atoms with van der Waals surface area (Å²) >= 11 is 0. The second-order valence-electron chi connectivity index (χ2n) is 3.27. The average molecular weight is 204 g/mol. The fraction of sp³-hybridized carbons (Fsp3) is 0.778. The summed E-state index contributed by atoms with van der Waals surface area (Å²) in [7, 11) is 0. The number of hydrogen-bond acceptors (Lipinski definition) is 3. The molecule has 0 spiro atoms. The molecule has 2 atom stereocenters. The maximum absolute atomic E-state index is 10.6. The molecule has 0 aliphatic carbocycles. The van der Waals surface area contributed by atoms with Gasteiger partial charge in [-0.25, -0.2) is 0 Å². The molecule has 0 saturated carbocycles. The predicted molar refractivity (Wildman–Crippen MR) is 48.9 cm³/mol. The summed E-state index contributed by atoms with van der Waals surface area (Å²) in [5, 5.41) is 26.2. The summed E-state index contributed by atoms with van der Waals surface area (Å²) in [5.41, 5.74) is 0. The molecule has 0 aromatic carbocycles. The lowest BCUT2D eigenvalue weighted by Gasteiger charge is -2.12. The second kappa shape index (κ2) is 6.37. The van der Waals surface area contributed by atoms with E-state index in [1.54, 1.807) is 6.92 Å². The number of rotatable bonds is 7. The molecule has 0 amide bonds. The van der Waals surface area contributed by atoms with Crippen LogP contribution in [0.15, 0.2) is 0 Å². The Balaban J connectivity index is 3.79. The van der Waals surface area contributed by atoms with Gasteiger partial charge in [-0.1, -0.05) is 6.92 Å². The molecule has 1 unspecified atom stereocenters. The van der Waals surface area contributed by atoms with Crippen LogP contribution in [0.4, 0.5) is 0 Å². The van der Waals surface area contributed by atoms with Crippen molar-refractivity contribution in [2.24, 2.45) is 5.92 Å². The van der Waals surface area contributed by atoms with Gasteiger partial charge in [-0.15, -0.1) is 0 Å². The Labute approximate surface area is 82.4 Å². The molecule has 5 nitrogen and oxygen atoms in total. The molecule has 14 heavy (non-hydrogen) atoms. The van der Waals surface area contributed by atoms with Crippen molar-refractivity contribution in [1.29, 1.82) is 0 Å². The average Bonchev–Trinajstić information content (AvgIpc) is 2.03. The Bertz CT molecular complexity index is 201. The highest BCUT2D eigenvalue weighted by atomic mass is 16.4. The minimum Gasteiger partial charge on any atom is -0.481 e. The first-order chi connectivity index (χ1) is 6.47. The summed E-state index contributed by atoms with van der Waals surface area (Å²) in [6.07, 6.45) is -0.233. The van der Waals surface area contributed by atoms with Gasteiger partial charge in [0, 0.05) is 0 Å². The molecule has 0 bridgehead atoms. The van der Waals surface area contributed by atoms with Gasteiger partial charge in [0.1, 0.15) is 0 Å². The number of aliphatic carboxylic acids is 2. The van der Waals surface area contributed by atoms with Crippen LogP contribution in [0.1, 0.15) is 32.6 Å². The highest BCUT2D eigenvalue weighted by Gasteiger charge is 2.17. The predicted octanol–water partition coefficient (Wildman–Crippen LogP) is 0.713. The van der Waals surface area contributed by atoms with E-state index in [-0.39, 0.29) is 12.8 Å². The van der Waals surface area contributed by atoms with Crippen molar-refractivity contribution in [3.05, 3.63) is 0 Å². The zero-order chi connectivity index (χ0) is 11.1. The van der Waals surface area contributed by atoms with Gasteiger partial charge < -0.3 is 15.3 Å². The third-order valence-corrected chi connectivity index (χ3v) is 2.10. The Morgan fingerprint density at radius 3 is 2.14 bits per heavy atom. The highest BCUT2D eigenvalue weighted by molar-refractivity contribution is 5.70. The van der Waals surface area contributed by atoms with Crippen LogP contribution in [-0.2, 0) is 9.59 Å². The van der Waals surface area contributed by atoms with E-state index in [0.29, 0.717) is 12.8 Å². The van der Waals surface area contributed by atoms with E-state index in [1.165, 1.54) is 0 Å². The number of hydrogen-bond donors (Lipinski definition) is 3. The van der Waals surface area contributed by atoms with Crippen LogP contribution >= 0.6 is 0 Å². The molecule has 0 heterocycles. The molecule has 0 aromatic heterocycles. The molecule has 0 aliphatic rings. The zero-order valence-electron chi connectivity index (χ0n) is 8.14. The fourth-order valence-corrected chi connectivity index (χ4v) is 1.20. The van der Waals surface area contributed by atoms with Gasteiger partial charge in [0.15, 0.2) is 0 Å². The summed E-state index contributed by atoms with van der Waals surface area (Å²) in [6, 6.07) is 0. The van der Waals surface area contributed by atoms with Gasteiger partial charge in [-0.2, -0.15) is 0 Å². The van der Waals surface area contributed by atoms with Crippen molar-refractivity contribution in [3.63, 3.8) is 0 Å². The molecule has 82 valence electrons. The van der Waals surface area contributed by atoms with E-state index in [9.17, 15) is 14.7 Å². The van der Waals surface area contributed by atoms with Crippen molar-refractivity contribution in [3.8, 4) is 0 Å². The smallest absolute Gasteiger partial charge is 0.306 e. The molecule has 0 fully saturated rings. The largest absolute Gasteiger partial charge is 0.481 e. The lowest BCUT2D eigenvalue weighted by Crippen LogP contribution is -2.18. The van der Waals surface area contributed by atoms with Crippen molar-refractivity contribution in [2.75, 3.05) is 0 Å². The molecule has 0 aromatic rings. The van der Waals surface area contributed by atoms with Gasteiger partial charge >= 0.3 is 11.9 Å². The lowest BCUT2D eigenvalue weighted by molar-refractivity contribution is -0.142. The maximum Gasteiger partial charge on any atom is 0.306 e. The van der Waals surface area contributed by atoms with Crippen molar-refractivity contribution >= 4 is 11.9 Å². The van der Waals surface area contributed by atoms with E-state index < -0.39 is 24.0 Å². The number of aliphatic hydroxyl groups excluding tert-OH is 1. The monoisotopic (exact) mass is 204 g/mol. The summed E-state index contributed by atoms with van der Waals surface area (Å²) in [5.74, 6) is -2.45. The first-order valence-corrected chi connectivity index (χ1v) is 4.60. The molecular weight excluding hydrogens is 188 g/mol. The van der Waals surface area contributed by atoms with Crippen LogP contribution in [0, 0.1) is 5.92 Å². The normalized spacial score (nSPS) is 14.7. The van der Waals surface area contributed by atoms with Crippen LogP contribution < -0.4 is 0 Å². The van der Waals surface area contributed by atoms with Crippen LogP contribution in [0.3, 0.4) is 0 Å². The molecule has 5 heteroatoms. The molecule has 3 N–H and O–H groups in total. The fourth-order valence-electron chi connectivity index (χ4n) is 1.20. The molecular formula is C9H16O5. The molecule has 0 rings (SSSR count). The van der Waals surface area contributed by atoms with Crippen LogP contribution in [-0.4, -0.2) is 33.4 Å².